The highest BCUT2D eigenvalue weighted by Gasteiger charge is 2.29. The van der Waals surface area contributed by atoms with Gasteiger partial charge in [0.05, 0.1) is 7.11 Å². The third-order valence-electron chi connectivity index (χ3n) is 4.58. The van der Waals surface area contributed by atoms with E-state index >= 15 is 0 Å². The van der Waals surface area contributed by atoms with Crippen molar-refractivity contribution in [3.63, 3.8) is 0 Å². The lowest BCUT2D eigenvalue weighted by Crippen LogP contribution is -2.49. The van der Waals surface area contributed by atoms with Crippen molar-refractivity contribution < 1.29 is 4.74 Å². The number of nitrogens with zero attached hydrogens (tertiary/aromatic N) is 2. The van der Waals surface area contributed by atoms with Crippen LogP contribution in [0.2, 0.25) is 0 Å². The van der Waals surface area contributed by atoms with Gasteiger partial charge >= 0.3 is 0 Å². The smallest absolute Gasteiger partial charge is 0.136 e. The molecule has 0 bridgehead atoms. The largest absolute Gasteiger partial charge is 0.497 e. The van der Waals surface area contributed by atoms with Gasteiger partial charge in [-0.05, 0) is 42.3 Å². The molecule has 0 saturated carbocycles. The van der Waals surface area contributed by atoms with Crippen LogP contribution in [0, 0.1) is 5.92 Å². The number of rotatable bonds is 3. The predicted molar refractivity (Wildman–Crippen MR) is 86.9 cm³/mol. The average Bonchev–Trinajstić information content (AvgIpc) is 2.53. The van der Waals surface area contributed by atoms with Crippen molar-refractivity contribution >= 4 is 16.6 Å². The van der Waals surface area contributed by atoms with Crippen molar-refractivity contribution in [1.29, 1.82) is 0 Å². The normalized spacial score (nSPS) is 22.5. The molecule has 4 heteroatoms. The maximum absolute atomic E-state index is 6.03. The fraction of sp³-hybridized carbons (Fsp3) is 0.471. The molecule has 21 heavy (non-hydrogen) atoms. The summed E-state index contributed by atoms with van der Waals surface area (Å²) in [6.07, 6.45) is 4.32. The Morgan fingerprint density at radius 3 is 3.00 bits per heavy atom. The minimum Gasteiger partial charge on any atom is -0.497 e. The first kappa shape index (κ1) is 14.1. The van der Waals surface area contributed by atoms with Gasteiger partial charge in [0, 0.05) is 30.7 Å². The van der Waals surface area contributed by atoms with Gasteiger partial charge in [-0.25, -0.2) is 4.98 Å². The van der Waals surface area contributed by atoms with E-state index in [1.807, 2.05) is 18.3 Å². The highest BCUT2D eigenvalue weighted by molar-refractivity contribution is 5.93. The molecule has 2 aromatic rings. The Morgan fingerprint density at radius 2 is 2.24 bits per heavy atom. The van der Waals surface area contributed by atoms with E-state index in [9.17, 15) is 0 Å². The molecular weight excluding hydrogens is 262 g/mol. The van der Waals surface area contributed by atoms with Crippen LogP contribution in [0.5, 0.6) is 5.75 Å². The third kappa shape index (κ3) is 2.56. The molecule has 1 aliphatic heterocycles. The van der Waals surface area contributed by atoms with Crippen molar-refractivity contribution in [3.05, 3.63) is 30.5 Å². The second-order valence-corrected chi connectivity index (χ2v) is 5.84. The van der Waals surface area contributed by atoms with Crippen molar-refractivity contribution in [1.82, 2.24) is 4.98 Å². The first-order chi connectivity index (χ1) is 10.2. The Balaban J connectivity index is 2.10. The number of benzene rings is 1. The quantitative estimate of drug-likeness (QED) is 0.942. The van der Waals surface area contributed by atoms with E-state index in [0.717, 1.165) is 23.5 Å². The molecule has 2 atom stereocenters. The second-order valence-electron chi connectivity index (χ2n) is 5.84. The van der Waals surface area contributed by atoms with E-state index in [2.05, 4.69) is 28.9 Å². The number of pyridine rings is 1. The van der Waals surface area contributed by atoms with Crippen molar-refractivity contribution in [2.75, 3.05) is 25.1 Å². The van der Waals surface area contributed by atoms with Crippen molar-refractivity contribution in [3.8, 4) is 5.75 Å². The molecule has 1 aliphatic rings. The number of hydrogen-bond donors (Lipinski definition) is 1. The SMILES string of the molecule is COc1ccc2ccnc(N3CCCC(C)C3CN)c2c1. The predicted octanol–water partition coefficient (Wildman–Crippen LogP) is 2.81. The van der Waals surface area contributed by atoms with Gasteiger partial charge in [-0.15, -0.1) is 0 Å². The molecular formula is C17H23N3O. The monoisotopic (exact) mass is 285 g/mol. The highest BCUT2D eigenvalue weighted by Crippen LogP contribution is 2.33. The number of hydrogen-bond acceptors (Lipinski definition) is 4. The third-order valence-corrected chi connectivity index (χ3v) is 4.58. The molecule has 0 radical (unpaired) electrons. The van der Waals surface area contributed by atoms with Crippen LogP contribution in [0.4, 0.5) is 5.82 Å². The van der Waals surface area contributed by atoms with Crippen LogP contribution < -0.4 is 15.4 Å². The maximum Gasteiger partial charge on any atom is 0.136 e. The van der Waals surface area contributed by atoms with Crippen LogP contribution in [0.1, 0.15) is 19.8 Å². The molecule has 3 rings (SSSR count). The summed E-state index contributed by atoms with van der Waals surface area (Å²) in [7, 11) is 1.70. The zero-order valence-electron chi connectivity index (χ0n) is 12.7. The maximum atomic E-state index is 6.03. The molecule has 2 unspecified atom stereocenters. The van der Waals surface area contributed by atoms with E-state index in [4.69, 9.17) is 10.5 Å². The zero-order valence-corrected chi connectivity index (χ0v) is 12.7. The Bertz CT molecular complexity index is 628. The molecule has 0 aliphatic carbocycles. The number of piperidine rings is 1. The Labute approximate surface area is 125 Å². The fourth-order valence-corrected chi connectivity index (χ4v) is 3.36. The van der Waals surface area contributed by atoms with E-state index in [1.54, 1.807) is 7.11 Å². The van der Waals surface area contributed by atoms with Gasteiger partial charge in [-0.2, -0.15) is 0 Å². The summed E-state index contributed by atoms with van der Waals surface area (Å²) < 4.78 is 5.37. The standard InChI is InChI=1S/C17H23N3O/c1-12-4-3-9-20(16(12)11-18)17-15-10-14(21-2)6-5-13(15)7-8-19-17/h5-8,10,12,16H,3-4,9,11,18H2,1-2H3. The molecule has 0 spiro atoms. The first-order valence-electron chi connectivity index (χ1n) is 7.64. The topological polar surface area (TPSA) is 51.4 Å². The summed E-state index contributed by atoms with van der Waals surface area (Å²) in [5.41, 5.74) is 6.03. The number of methoxy groups -OCH3 is 1. The Hall–Kier alpha value is -1.81. The van der Waals surface area contributed by atoms with Gasteiger partial charge in [0.1, 0.15) is 11.6 Å². The number of nitrogens with two attached hydrogens (primary N) is 1. The molecule has 112 valence electrons. The van der Waals surface area contributed by atoms with Gasteiger partial charge in [0.15, 0.2) is 0 Å². The lowest BCUT2D eigenvalue weighted by atomic mass is 9.90. The summed E-state index contributed by atoms with van der Waals surface area (Å²) in [5, 5.41) is 2.33. The fourth-order valence-electron chi connectivity index (χ4n) is 3.36. The van der Waals surface area contributed by atoms with Gasteiger partial charge in [-0.3, -0.25) is 0 Å². The van der Waals surface area contributed by atoms with Gasteiger partial charge in [0.25, 0.3) is 0 Å². The summed E-state index contributed by atoms with van der Waals surface area (Å²) in [6.45, 7) is 3.98. The molecule has 1 saturated heterocycles. The Kier molecular flexibility index (Phi) is 3.97. The highest BCUT2D eigenvalue weighted by atomic mass is 16.5. The van der Waals surface area contributed by atoms with Crippen LogP contribution in [0.3, 0.4) is 0 Å². The molecule has 2 heterocycles. The van der Waals surface area contributed by atoms with Crippen molar-refractivity contribution in [2.45, 2.75) is 25.8 Å². The molecule has 1 fully saturated rings. The van der Waals surface area contributed by atoms with Crippen LogP contribution in [-0.2, 0) is 0 Å². The number of anilines is 1. The summed E-state index contributed by atoms with van der Waals surface area (Å²) in [4.78, 5) is 7.04. The van der Waals surface area contributed by atoms with Gasteiger partial charge < -0.3 is 15.4 Å². The Morgan fingerprint density at radius 1 is 1.38 bits per heavy atom. The summed E-state index contributed by atoms with van der Waals surface area (Å²) >= 11 is 0. The second kappa shape index (κ2) is 5.90. The number of ether oxygens (including phenoxy) is 1. The van der Waals surface area contributed by atoms with Crippen LogP contribution in [0.15, 0.2) is 30.5 Å². The summed E-state index contributed by atoms with van der Waals surface area (Å²) in [6, 6.07) is 8.56. The van der Waals surface area contributed by atoms with Gasteiger partial charge in [-0.1, -0.05) is 13.0 Å². The van der Waals surface area contributed by atoms with E-state index in [1.165, 1.54) is 18.2 Å². The minimum absolute atomic E-state index is 0.364. The number of fused-ring (bicyclic) bond motifs is 1. The van der Waals surface area contributed by atoms with Crippen LogP contribution in [-0.4, -0.2) is 31.2 Å². The summed E-state index contributed by atoms with van der Waals surface area (Å²) in [5.74, 6) is 2.51. The zero-order chi connectivity index (χ0) is 14.8. The average molecular weight is 285 g/mol. The minimum atomic E-state index is 0.364. The molecule has 2 N–H and O–H groups in total. The van der Waals surface area contributed by atoms with Crippen molar-refractivity contribution in [2.24, 2.45) is 11.7 Å². The van der Waals surface area contributed by atoms with Crippen LogP contribution >= 0.6 is 0 Å². The lowest BCUT2D eigenvalue weighted by molar-refractivity contribution is 0.348. The molecule has 0 amide bonds. The first-order valence-corrected chi connectivity index (χ1v) is 7.64. The van der Waals surface area contributed by atoms with Gasteiger partial charge in [0.2, 0.25) is 0 Å². The van der Waals surface area contributed by atoms with E-state index in [-0.39, 0.29) is 0 Å². The lowest BCUT2D eigenvalue weighted by Gasteiger charge is -2.40. The van der Waals surface area contributed by atoms with E-state index in [0.29, 0.717) is 18.5 Å². The molecule has 1 aromatic heterocycles. The molecule has 1 aromatic carbocycles. The van der Waals surface area contributed by atoms with Crippen LogP contribution in [0.25, 0.3) is 10.8 Å². The number of aromatic nitrogens is 1. The van der Waals surface area contributed by atoms with E-state index < -0.39 is 0 Å². The molecule has 4 nitrogen and oxygen atoms in total.